The van der Waals surface area contributed by atoms with E-state index in [1.165, 1.54) is 0 Å². The lowest BCUT2D eigenvalue weighted by molar-refractivity contribution is 0.459. The molecule has 1 heteroatoms. The van der Waals surface area contributed by atoms with Crippen molar-refractivity contribution in [2.45, 2.75) is 26.7 Å². The van der Waals surface area contributed by atoms with Gasteiger partial charge in [-0.25, -0.2) is 0 Å². The SMILES string of the molecule is CCC(/C=C/O)CC. The monoisotopic (exact) mass is 114 g/mol. The summed E-state index contributed by atoms with van der Waals surface area (Å²) in [4.78, 5) is 0. The van der Waals surface area contributed by atoms with E-state index in [2.05, 4.69) is 13.8 Å². The summed E-state index contributed by atoms with van der Waals surface area (Å²) in [5, 5.41) is 8.32. The summed E-state index contributed by atoms with van der Waals surface area (Å²) in [5.41, 5.74) is 0. The van der Waals surface area contributed by atoms with Crippen LogP contribution in [0.15, 0.2) is 12.3 Å². The number of hydrogen-bond acceptors (Lipinski definition) is 1. The summed E-state index contributed by atoms with van der Waals surface area (Å²) in [7, 11) is 0. The van der Waals surface area contributed by atoms with Gasteiger partial charge < -0.3 is 5.11 Å². The zero-order chi connectivity index (χ0) is 6.41. The van der Waals surface area contributed by atoms with Crippen LogP contribution in [0.2, 0.25) is 0 Å². The predicted molar refractivity (Wildman–Crippen MR) is 35.8 cm³/mol. The number of allylic oxidation sites excluding steroid dienone is 1. The van der Waals surface area contributed by atoms with Crippen LogP contribution in [-0.2, 0) is 0 Å². The number of hydrogen-bond donors (Lipinski definition) is 1. The Morgan fingerprint density at radius 2 is 1.88 bits per heavy atom. The normalized spacial score (nSPS) is 11.4. The van der Waals surface area contributed by atoms with Gasteiger partial charge in [0.1, 0.15) is 0 Å². The highest BCUT2D eigenvalue weighted by molar-refractivity contribution is 4.79. The Bertz CT molecular complexity index is 62.8. The zero-order valence-corrected chi connectivity index (χ0v) is 5.59. The molecule has 0 fully saturated rings. The molecule has 0 aromatic rings. The standard InChI is InChI=1S/C7H14O/c1-3-7(4-2)5-6-8/h5-8H,3-4H2,1-2H3/b6-5+. The van der Waals surface area contributed by atoms with Crippen molar-refractivity contribution < 1.29 is 5.11 Å². The molecule has 0 rings (SSSR count). The average molecular weight is 114 g/mol. The van der Waals surface area contributed by atoms with Crippen LogP contribution >= 0.6 is 0 Å². The molecule has 0 spiro atoms. The highest BCUT2D eigenvalue weighted by atomic mass is 16.2. The summed E-state index contributed by atoms with van der Waals surface area (Å²) in [6, 6.07) is 0. The molecule has 0 aromatic heterocycles. The second-order valence-corrected chi connectivity index (χ2v) is 1.92. The Balaban J connectivity index is 3.36. The summed E-state index contributed by atoms with van der Waals surface area (Å²) in [6.45, 7) is 4.24. The van der Waals surface area contributed by atoms with Gasteiger partial charge in [0, 0.05) is 0 Å². The summed E-state index contributed by atoms with van der Waals surface area (Å²) >= 11 is 0. The van der Waals surface area contributed by atoms with Crippen molar-refractivity contribution >= 4 is 0 Å². The van der Waals surface area contributed by atoms with Crippen LogP contribution in [0.4, 0.5) is 0 Å². The van der Waals surface area contributed by atoms with Crippen LogP contribution in [0, 0.1) is 5.92 Å². The Kier molecular flexibility index (Phi) is 4.42. The fraction of sp³-hybridized carbons (Fsp3) is 0.714. The fourth-order valence-corrected chi connectivity index (χ4v) is 0.683. The molecule has 0 heterocycles. The lowest BCUT2D eigenvalue weighted by Crippen LogP contribution is -1.89. The molecule has 0 unspecified atom stereocenters. The highest BCUT2D eigenvalue weighted by Gasteiger charge is 1.94. The maximum Gasteiger partial charge on any atom is 0.0754 e. The first kappa shape index (κ1) is 7.54. The summed E-state index contributed by atoms with van der Waals surface area (Å²) in [6.07, 6.45) is 5.21. The van der Waals surface area contributed by atoms with Gasteiger partial charge in [0.05, 0.1) is 6.26 Å². The third-order valence-corrected chi connectivity index (χ3v) is 1.41. The molecule has 0 bridgehead atoms. The van der Waals surface area contributed by atoms with Crippen molar-refractivity contribution in [1.82, 2.24) is 0 Å². The maximum absolute atomic E-state index is 8.32. The first-order valence-electron chi connectivity index (χ1n) is 3.16. The number of aliphatic hydroxyl groups is 1. The Labute approximate surface area is 51.0 Å². The quantitative estimate of drug-likeness (QED) is 0.559. The van der Waals surface area contributed by atoms with Crippen molar-refractivity contribution in [2.24, 2.45) is 5.92 Å². The third kappa shape index (κ3) is 2.67. The van der Waals surface area contributed by atoms with Gasteiger partial charge in [0.2, 0.25) is 0 Å². The van der Waals surface area contributed by atoms with E-state index in [0.717, 1.165) is 19.1 Å². The van der Waals surface area contributed by atoms with Crippen LogP contribution in [0.3, 0.4) is 0 Å². The van der Waals surface area contributed by atoms with Gasteiger partial charge in [-0.05, 0) is 24.8 Å². The van der Waals surface area contributed by atoms with E-state index < -0.39 is 0 Å². The average Bonchev–Trinajstić information content (AvgIpc) is 1.83. The van der Waals surface area contributed by atoms with E-state index >= 15 is 0 Å². The van der Waals surface area contributed by atoms with E-state index in [1.807, 2.05) is 6.08 Å². The topological polar surface area (TPSA) is 20.2 Å². The van der Waals surface area contributed by atoms with Gasteiger partial charge in [0.15, 0.2) is 0 Å². The van der Waals surface area contributed by atoms with Gasteiger partial charge in [-0.2, -0.15) is 0 Å². The molecule has 0 saturated heterocycles. The van der Waals surface area contributed by atoms with Crippen LogP contribution in [0.5, 0.6) is 0 Å². The van der Waals surface area contributed by atoms with Gasteiger partial charge in [-0.15, -0.1) is 0 Å². The molecule has 0 saturated carbocycles. The van der Waals surface area contributed by atoms with Crippen LogP contribution in [0.1, 0.15) is 26.7 Å². The van der Waals surface area contributed by atoms with Crippen molar-refractivity contribution in [1.29, 1.82) is 0 Å². The second-order valence-electron chi connectivity index (χ2n) is 1.92. The van der Waals surface area contributed by atoms with Gasteiger partial charge in [-0.3, -0.25) is 0 Å². The minimum atomic E-state index is 0.569. The van der Waals surface area contributed by atoms with Gasteiger partial charge >= 0.3 is 0 Å². The first-order chi connectivity index (χ1) is 3.85. The highest BCUT2D eigenvalue weighted by Crippen LogP contribution is 2.07. The van der Waals surface area contributed by atoms with Crippen molar-refractivity contribution in [3.63, 3.8) is 0 Å². The lowest BCUT2D eigenvalue weighted by atomic mass is 10.0. The third-order valence-electron chi connectivity index (χ3n) is 1.41. The van der Waals surface area contributed by atoms with E-state index in [0.29, 0.717) is 5.92 Å². The summed E-state index contributed by atoms with van der Waals surface area (Å²) in [5.74, 6) is 0.569. The van der Waals surface area contributed by atoms with Gasteiger partial charge in [-0.1, -0.05) is 13.8 Å². The van der Waals surface area contributed by atoms with Crippen LogP contribution in [0.25, 0.3) is 0 Å². The van der Waals surface area contributed by atoms with Crippen molar-refractivity contribution in [3.8, 4) is 0 Å². The molecule has 0 amide bonds. The predicted octanol–water partition coefficient (Wildman–Crippen LogP) is 2.49. The van der Waals surface area contributed by atoms with E-state index in [4.69, 9.17) is 5.11 Å². The van der Waals surface area contributed by atoms with Crippen LogP contribution in [-0.4, -0.2) is 5.11 Å². The molecule has 0 aliphatic carbocycles. The number of rotatable bonds is 3. The molecule has 8 heavy (non-hydrogen) atoms. The molecule has 1 nitrogen and oxygen atoms in total. The van der Waals surface area contributed by atoms with E-state index in [1.54, 1.807) is 0 Å². The molecule has 0 radical (unpaired) electrons. The van der Waals surface area contributed by atoms with Crippen LogP contribution < -0.4 is 0 Å². The molecule has 0 aliphatic rings. The smallest absolute Gasteiger partial charge is 0.0754 e. The second kappa shape index (κ2) is 4.69. The molecule has 1 N–H and O–H groups in total. The Morgan fingerprint density at radius 3 is 2.00 bits per heavy atom. The Morgan fingerprint density at radius 1 is 1.38 bits per heavy atom. The zero-order valence-electron chi connectivity index (χ0n) is 5.59. The molecule has 0 aromatic carbocycles. The Hall–Kier alpha value is -0.460. The largest absolute Gasteiger partial charge is 0.516 e. The minimum absolute atomic E-state index is 0.569. The molecular formula is C7H14O. The molecular weight excluding hydrogens is 100 g/mol. The van der Waals surface area contributed by atoms with Crippen molar-refractivity contribution in [2.75, 3.05) is 0 Å². The maximum atomic E-state index is 8.32. The van der Waals surface area contributed by atoms with Crippen molar-refractivity contribution in [3.05, 3.63) is 12.3 Å². The molecule has 48 valence electrons. The molecule has 0 aliphatic heterocycles. The molecule has 0 atom stereocenters. The number of aliphatic hydroxyl groups excluding tert-OH is 1. The first-order valence-corrected chi connectivity index (χ1v) is 3.16. The fourth-order valence-electron chi connectivity index (χ4n) is 0.683. The minimum Gasteiger partial charge on any atom is -0.516 e. The van der Waals surface area contributed by atoms with E-state index in [-0.39, 0.29) is 0 Å². The van der Waals surface area contributed by atoms with E-state index in [9.17, 15) is 0 Å². The summed E-state index contributed by atoms with van der Waals surface area (Å²) < 4.78 is 0. The van der Waals surface area contributed by atoms with Gasteiger partial charge in [0.25, 0.3) is 0 Å². The lowest BCUT2D eigenvalue weighted by Gasteiger charge is -2.01.